The lowest BCUT2D eigenvalue weighted by atomic mass is 9.85. The fraction of sp³-hybridized carbons (Fsp3) is 0.208. The molecule has 0 fully saturated rings. The van der Waals surface area contributed by atoms with Crippen molar-refractivity contribution in [3.63, 3.8) is 0 Å². The Morgan fingerprint density at radius 3 is 2.25 bits per heavy atom. The summed E-state index contributed by atoms with van der Waals surface area (Å²) < 4.78 is 5.50. The molecule has 144 valence electrons. The van der Waals surface area contributed by atoms with E-state index in [2.05, 4.69) is 30.0 Å². The van der Waals surface area contributed by atoms with Crippen LogP contribution in [0.1, 0.15) is 39.6 Å². The third-order valence-corrected chi connectivity index (χ3v) is 6.10. The summed E-state index contributed by atoms with van der Waals surface area (Å²) in [5.41, 5.74) is 7.56. The van der Waals surface area contributed by atoms with Gasteiger partial charge in [-0.05, 0) is 55.4 Å². The molecule has 0 radical (unpaired) electrons. The molecule has 0 saturated carbocycles. The molecule has 1 heterocycles. The molecule has 1 aliphatic heterocycles. The van der Waals surface area contributed by atoms with Gasteiger partial charge in [0.1, 0.15) is 5.75 Å². The minimum Gasteiger partial charge on any atom is -0.494 e. The van der Waals surface area contributed by atoms with Crippen LogP contribution >= 0.6 is 11.8 Å². The van der Waals surface area contributed by atoms with E-state index >= 15 is 0 Å². The van der Waals surface area contributed by atoms with Crippen LogP contribution in [0.3, 0.4) is 0 Å². The number of fused-ring (bicyclic) bond motifs is 1. The molecule has 0 aliphatic carbocycles. The van der Waals surface area contributed by atoms with Crippen LogP contribution in [-0.4, -0.2) is 19.4 Å². The van der Waals surface area contributed by atoms with Crippen LogP contribution in [0.5, 0.6) is 5.75 Å². The number of benzene rings is 3. The van der Waals surface area contributed by atoms with Gasteiger partial charge in [0.2, 0.25) is 0 Å². The molecule has 28 heavy (non-hydrogen) atoms. The van der Waals surface area contributed by atoms with Gasteiger partial charge in [0.05, 0.1) is 12.5 Å². The van der Waals surface area contributed by atoms with Gasteiger partial charge >= 0.3 is 0 Å². The monoisotopic (exact) mass is 391 g/mol. The van der Waals surface area contributed by atoms with Crippen LogP contribution < -0.4 is 10.5 Å². The average Bonchev–Trinajstić information content (AvgIpc) is 3.16. The second-order valence-corrected chi connectivity index (χ2v) is 7.47. The molecule has 3 aromatic carbocycles. The first-order valence-electron chi connectivity index (χ1n) is 9.43. The van der Waals surface area contributed by atoms with E-state index in [4.69, 9.17) is 4.74 Å². The fourth-order valence-electron chi connectivity index (χ4n) is 3.46. The number of nitrogens with two attached hydrogens (primary N) is 1. The zero-order valence-corrected chi connectivity index (χ0v) is 17.0. The van der Waals surface area contributed by atoms with Crippen molar-refractivity contribution in [2.24, 2.45) is 5.73 Å². The van der Waals surface area contributed by atoms with Crippen LogP contribution in [0.15, 0.2) is 83.8 Å². The molecule has 2 N–H and O–H groups in total. The van der Waals surface area contributed by atoms with E-state index in [1.54, 1.807) is 11.8 Å². The third-order valence-electron chi connectivity index (χ3n) is 4.67. The van der Waals surface area contributed by atoms with Gasteiger partial charge in [-0.15, -0.1) is 11.8 Å². The smallest absolute Gasteiger partial charge is 0.171 e. The molecule has 1 aliphatic rings. The lowest BCUT2D eigenvalue weighted by Crippen LogP contribution is -2.16. The summed E-state index contributed by atoms with van der Waals surface area (Å²) in [5.74, 6) is 0.792. The minimum atomic E-state index is -0.170. The van der Waals surface area contributed by atoms with E-state index in [0.29, 0.717) is 6.61 Å². The molecule has 3 aromatic rings. The van der Waals surface area contributed by atoms with E-state index in [1.165, 1.54) is 17.5 Å². The summed E-state index contributed by atoms with van der Waals surface area (Å²) >= 11 is 1.79. The maximum atomic E-state index is 13.4. The highest BCUT2D eigenvalue weighted by molar-refractivity contribution is 8.00. The Morgan fingerprint density at radius 2 is 1.57 bits per heavy atom. The highest BCUT2D eigenvalue weighted by Crippen LogP contribution is 2.55. The molecule has 4 heteroatoms. The molecule has 4 rings (SSSR count). The fourth-order valence-corrected chi connectivity index (χ4v) is 4.92. The number of carbonyl (C=O) groups is 1. The molecular weight excluding hydrogens is 366 g/mol. The van der Waals surface area contributed by atoms with E-state index in [9.17, 15) is 4.79 Å². The van der Waals surface area contributed by atoms with Gasteiger partial charge in [-0.25, -0.2) is 0 Å². The third kappa shape index (κ3) is 4.13. The highest BCUT2D eigenvalue weighted by atomic mass is 32.2. The largest absolute Gasteiger partial charge is 0.494 e. The van der Waals surface area contributed by atoms with Crippen molar-refractivity contribution in [1.82, 2.24) is 0 Å². The van der Waals surface area contributed by atoms with Crippen molar-refractivity contribution in [2.75, 3.05) is 13.7 Å². The van der Waals surface area contributed by atoms with E-state index in [-0.39, 0.29) is 17.0 Å². The second kappa shape index (κ2) is 9.58. The zero-order chi connectivity index (χ0) is 19.9. The number of carbonyl (C=O) groups excluding carboxylic acids is 1. The van der Waals surface area contributed by atoms with Crippen LogP contribution in [0.4, 0.5) is 0 Å². The van der Waals surface area contributed by atoms with Crippen LogP contribution in [0.2, 0.25) is 0 Å². The van der Waals surface area contributed by atoms with E-state index < -0.39 is 0 Å². The Hall–Kier alpha value is -2.56. The van der Waals surface area contributed by atoms with Gasteiger partial charge in [0.15, 0.2) is 5.78 Å². The summed E-state index contributed by atoms with van der Waals surface area (Å²) in [6, 6.07) is 26.1. The van der Waals surface area contributed by atoms with Crippen LogP contribution in [0, 0.1) is 0 Å². The Labute approximate surface area is 170 Å². The summed E-state index contributed by atoms with van der Waals surface area (Å²) in [6.45, 7) is 2.58. The first-order valence-corrected chi connectivity index (χ1v) is 10.3. The lowest BCUT2D eigenvalue weighted by molar-refractivity contribution is 0.0958. The van der Waals surface area contributed by atoms with Gasteiger partial charge in [-0.1, -0.05) is 48.5 Å². The molecule has 0 aromatic heterocycles. The molecule has 0 bridgehead atoms. The van der Waals surface area contributed by atoms with Crippen molar-refractivity contribution in [3.8, 4) is 5.75 Å². The Morgan fingerprint density at radius 1 is 0.929 bits per heavy atom. The molecule has 3 nitrogen and oxygen atoms in total. The van der Waals surface area contributed by atoms with Crippen molar-refractivity contribution < 1.29 is 9.53 Å². The molecule has 2 atom stereocenters. The summed E-state index contributed by atoms with van der Waals surface area (Å²) in [7, 11) is 1.50. The lowest BCUT2D eigenvalue weighted by Gasteiger charge is -2.19. The Bertz CT molecular complexity index is 909. The number of rotatable bonds is 5. The predicted octanol–water partition coefficient (Wildman–Crippen LogP) is 5.47. The Kier molecular flexibility index (Phi) is 6.90. The van der Waals surface area contributed by atoms with Gasteiger partial charge in [0.25, 0.3) is 0 Å². The molecule has 0 spiro atoms. The molecular formula is C24H25NO2S. The predicted molar refractivity (Wildman–Crippen MR) is 116 cm³/mol. The van der Waals surface area contributed by atoms with Gasteiger partial charge < -0.3 is 10.5 Å². The molecule has 0 saturated heterocycles. The Balaban J connectivity index is 0.00000109. The number of hydrogen-bond acceptors (Lipinski definition) is 4. The van der Waals surface area contributed by atoms with E-state index in [1.807, 2.05) is 61.5 Å². The zero-order valence-electron chi connectivity index (χ0n) is 16.2. The quantitative estimate of drug-likeness (QED) is 0.586. The number of ketones is 1. The summed E-state index contributed by atoms with van der Waals surface area (Å²) in [5, 5.41) is 0.104. The standard InChI is InChI=1S/C23H20O2S.CH5N/c1-2-25-18-14-12-16(13-15-18)22(24)21-19-10-6-7-11-20(19)26-23(21)17-8-4-3-5-9-17;1-2/h3-15,21,23H,2H2,1H3;2H2,1H3. The molecule has 0 amide bonds. The van der Waals surface area contributed by atoms with Crippen molar-refractivity contribution in [2.45, 2.75) is 23.0 Å². The number of ether oxygens (including phenoxy) is 1. The maximum absolute atomic E-state index is 13.4. The number of thioether (sulfide) groups is 1. The van der Waals surface area contributed by atoms with Gasteiger partial charge in [-0.2, -0.15) is 0 Å². The van der Waals surface area contributed by atoms with Crippen LogP contribution in [0.25, 0.3) is 0 Å². The van der Waals surface area contributed by atoms with E-state index in [0.717, 1.165) is 16.9 Å². The van der Waals surface area contributed by atoms with Crippen molar-refractivity contribution in [3.05, 3.63) is 95.6 Å². The topological polar surface area (TPSA) is 52.3 Å². The molecule has 2 unspecified atom stereocenters. The SMILES string of the molecule is CCOc1ccc(C(=O)C2c3ccccc3SC2c2ccccc2)cc1.CN. The summed E-state index contributed by atoms with van der Waals surface area (Å²) in [6.07, 6.45) is 0. The first-order chi connectivity index (χ1) is 13.8. The number of Topliss-reactive ketones (excluding diaryl/α,β-unsaturated/α-hetero) is 1. The second-order valence-electron chi connectivity index (χ2n) is 6.29. The van der Waals surface area contributed by atoms with Gasteiger partial charge in [-0.3, -0.25) is 4.79 Å². The van der Waals surface area contributed by atoms with Crippen LogP contribution in [-0.2, 0) is 0 Å². The maximum Gasteiger partial charge on any atom is 0.171 e. The average molecular weight is 392 g/mol. The minimum absolute atomic E-state index is 0.104. The van der Waals surface area contributed by atoms with Gasteiger partial charge in [0, 0.05) is 15.7 Å². The summed E-state index contributed by atoms with van der Waals surface area (Å²) in [4.78, 5) is 14.6. The number of hydrogen-bond donors (Lipinski definition) is 1. The normalized spacial score (nSPS) is 17.2. The first kappa shape index (κ1) is 20.2. The van der Waals surface area contributed by atoms with Crippen molar-refractivity contribution >= 4 is 17.5 Å². The highest BCUT2D eigenvalue weighted by Gasteiger charge is 2.39. The van der Waals surface area contributed by atoms with Crippen molar-refractivity contribution in [1.29, 1.82) is 0 Å².